The summed E-state index contributed by atoms with van der Waals surface area (Å²) in [4.78, 5) is 47.0. The Bertz CT molecular complexity index is 2330. The maximum Gasteiger partial charge on any atom is 0.313 e. The molecule has 1 saturated heterocycles. The van der Waals surface area contributed by atoms with Gasteiger partial charge in [0.25, 0.3) is 5.91 Å². The van der Waals surface area contributed by atoms with Gasteiger partial charge in [0.2, 0.25) is 0 Å². The molecule has 7 heteroatoms. The van der Waals surface area contributed by atoms with Gasteiger partial charge in [0, 0.05) is 39.3 Å². The summed E-state index contributed by atoms with van der Waals surface area (Å²) >= 11 is 0. The zero-order valence-electron chi connectivity index (χ0n) is 38.4. The molecule has 0 radical (unpaired) electrons. The molecule has 2 N–H and O–H groups in total. The van der Waals surface area contributed by atoms with Crippen LogP contribution < -0.4 is 0 Å². The van der Waals surface area contributed by atoms with Crippen molar-refractivity contribution in [2.24, 2.45) is 67.5 Å². The second kappa shape index (κ2) is 12.9. The number of amides is 1. The molecule has 1 heterocycles. The van der Waals surface area contributed by atoms with Crippen LogP contribution in [0.15, 0.2) is 78.4 Å². The van der Waals surface area contributed by atoms with Gasteiger partial charge in [-0.05, 0) is 155 Å². The number of benzene rings is 2. The third-order valence-electron chi connectivity index (χ3n) is 22.1. The number of hydrogen-bond donors (Lipinski definition) is 2. The van der Waals surface area contributed by atoms with E-state index in [1.54, 1.807) is 0 Å². The molecule has 1 aliphatic heterocycles. The van der Waals surface area contributed by atoms with Gasteiger partial charge < -0.3 is 19.8 Å². The van der Waals surface area contributed by atoms with Crippen LogP contribution in [-0.4, -0.2) is 63.2 Å². The zero-order chi connectivity index (χ0) is 43.8. The number of ketones is 1. The number of aliphatic hydroxyl groups is 2. The van der Waals surface area contributed by atoms with E-state index in [1.807, 2.05) is 37.3 Å². The molecule has 12 aliphatic rings. The lowest BCUT2D eigenvalue weighted by atomic mass is 9.32. The van der Waals surface area contributed by atoms with E-state index in [-0.39, 0.29) is 46.9 Å². The first-order valence-corrected chi connectivity index (χ1v) is 24.9. The summed E-state index contributed by atoms with van der Waals surface area (Å²) in [6, 6.07) is 18.4. The molecule has 10 atom stereocenters. The Labute approximate surface area is 374 Å². The Hall–Kier alpha value is -3.55. The van der Waals surface area contributed by atoms with E-state index in [2.05, 4.69) is 75.1 Å². The van der Waals surface area contributed by atoms with E-state index in [1.165, 1.54) is 19.3 Å². The fourth-order valence-electron chi connectivity index (χ4n) is 18.6. The molecule has 63 heavy (non-hydrogen) atoms. The third-order valence-corrected chi connectivity index (χ3v) is 22.1. The molecule has 11 aliphatic carbocycles. The molecule has 8 saturated carbocycles. The number of allylic oxidation sites excluding steroid dienone is 4. The average Bonchev–Trinajstić information content (AvgIpc) is 3.70. The highest BCUT2D eigenvalue weighted by atomic mass is 16.6. The van der Waals surface area contributed by atoms with E-state index < -0.39 is 44.4 Å². The Balaban J connectivity index is 0.937. The van der Waals surface area contributed by atoms with Gasteiger partial charge in [0.05, 0.1) is 23.7 Å². The van der Waals surface area contributed by atoms with Gasteiger partial charge in [-0.3, -0.25) is 14.4 Å². The molecule has 2 aromatic carbocycles. The van der Waals surface area contributed by atoms with Gasteiger partial charge in [0.1, 0.15) is 0 Å². The van der Waals surface area contributed by atoms with Crippen LogP contribution in [0.4, 0.5) is 0 Å². The smallest absolute Gasteiger partial charge is 0.313 e. The molecule has 1 unspecified atom stereocenters. The second-order valence-electron chi connectivity index (χ2n) is 24.8. The van der Waals surface area contributed by atoms with Gasteiger partial charge in [-0.1, -0.05) is 101 Å². The van der Waals surface area contributed by atoms with E-state index in [0.717, 1.165) is 68.1 Å². The van der Waals surface area contributed by atoms with Gasteiger partial charge in [0.15, 0.2) is 11.4 Å². The number of fused-ring (bicyclic) bond motifs is 3. The minimum Gasteiger partial charge on any atom is -0.448 e. The number of carbonyl (C=O) groups is 3. The summed E-state index contributed by atoms with van der Waals surface area (Å²) in [5.74, 6) is 1.98. The summed E-state index contributed by atoms with van der Waals surface area (Å²) in [6.07, 6.45) is 20.4. The number of Topliss-reactive ketones (excluding diaryl/α,β-unsaturated/α-hetero) is 1. The van der Waals surface area contributed by atoms with Gasteiger partial charge in [-0.15, -0.1) is 0 Å². The van der Waals surface area contributed by atoms with Gasteiger partial charge in [-0.25, -0.2) is 0 Å². The lowest BCUT2D eigenvalue weighted by Gasteiger charge is -2.71. The number of esters is 1. The van der Waals surface area contributed by atoms with Gasteiger partial charge >= 0.3 is 5.97 Å². The van der Waals surface area contributed by atoms with Crippen molar-refractivity contribution in [3.05, 3.63) is 84.0 Å². The second-order valence-corrected chi connectivity index (χ2v) is 24.8. The number of carbonyl (C=O) groups excluding carboxylic acids is 3. The summed E-state index contributed by atoms with van der Waals surface area (Å²) < 4.78 is 6.37. The van der Waals surface area contributed by atoms with Crippen molar-refractivity contribution in [2.75, 3.05) is 13.1 Å². The van der Waals surface area contributed by atoms with Crippen LogP contribution in [0, 0.1) is 67.5 Å². The Kier molecular flexibility index (Phi) is 8.36. The Morgan fingerprint density at radius 1 is 0.714 bits per heavy atom. The van der Waals surface area contributed by atoms with Crippen molar-refractivity contribution in [3.63, 3.8) is 0 Å². The zero-order valence-corrected chi connectivity index (χ0v) is 38.4. The summed E-state index contributed by atoms with van der Waals surface area (Å²) in [7, 11) is 0. The Morgan fingerprint density at radius 3 is 1.97 bits per heavy atom. The van der Waals surface area contributed by atoms with Crippen LogP contribution in [0.1, 0.15) is 141 Å². The maximum absolute atomic E-state index is 15.8. The highest BCUT2D eigenvalue weighted by molar-refractivity contribution is 6.11. The molecule has 2 aromatic rings. The van der Waals surface area contributed by atoms with Crippen LogP contribution in [0.3, 0.4) is 0 Å². The van der Waals surface area contributed by atoms with Crippen LogP contribution >= 0.6 is 0 Å². The SMILES string of the molecule is CC1(C)[C@@]2(C)CC[C@]1(C(=O)N(CC13CC4CC(CC(C4)C1)C3)C[C@]1(O)CC[C@H]3[C@]45C=C[C@@]6(C=C4C(=O)c4ccc(-c7ccccc7)cc4)CC(O)CC[C@]6(C)[C@H]5CC[C@@]31C)OC2=O. The quantitative estimate of drug-likeness (QED) is 0.156. The normalized spacial score (nSPS) is 47.7. The van der Waals surface area contributed by atoms with Crippen LogP contribution in [0.5, 0.6) is 0 Å². The highest BCUT2D eigenvalue weighted by Crippen LogP contribution is 2.79. The van der Waals surface area contributed by atoms with Crippen molar-refractivity contribution in [2.45, 2.75) is 148 Å². The van der Waals surface area contributed by atoms with Crippen molar-refractivity contribution >= 4 is 17.7 Å². The number of hydrogen-bond acceptors (Lipinski definition) is 6. The average molecular weight is 852 g/mol. The molecule has 7 nitrogen and oxygen atoms in total. The van der Waals surface area contributed by atoms with Crippen LogP contribution in [0.2, 0.25) is 0 Å². The standard InChI is InChI=1S/C56H69NO6/c1-48(2)51(5)21-24-56(48,63-47(51)61)46(60)57(33-52-28-35-25-36(29-52)27-37(26-35)30-52)34-54(62)20-17-44-50(54,4)19-16-43-49(3)18-15-41(58)31-53(49)22-23-55(43,44)42(32-53)45(59)40-13-11-39(12-14-40)38-9-7-6-8-10-38/h6-14,22-23,32,35-37,41,43-44,58,62H,15-21,24-31,33-34H2,1-5H3/t35?,36?,37?,41?,43-,44-,49-,50+,51+,52?,53+,54-,55-,56-/m1/s1. The summed E-state index contributed by atoms with van der Waals surface area (Å²) in [5.41, 5.74) is -1.90. The van der Waals surface area contributed by atoms with Crippen molar-refractivity contribution in [3.8, 4) is 11.1 Å². The molecular weight excluding hydrogens is 783 g/mol. The van der Waals surface area contributed by atoms with E-state index in [0.29, 0.717) is 55.5 Å². The molecule has 1 amide bonds. The number of ether oxygens (including phenoxy) is 1. The predicted octanol–water partition coefficient (Wildman–Crippen LogP) is 10.3. The molecule has 14 rings (SSSR count). The number of aliphatic hydroxyl groups excluding tert-OH is 1. The van der Waals surface area contributed by atoms with E-state index in [4.69, 9.17) is 4.74 Å². The van der Waals surface area contributed by atoms with E-state index >= 15 is 9.59 Å². The monoisotopic (exact) mass is 852 g/mol. The topological polar surface area (TPSA) is 104 Å². The summed E-state index contributed by atoms with van der Waals surface area (Å²) in [5, 5.41) is 25.0. The van der Waals surface area contributed by atoms with Crippen molar-refractivity contribution in [1.29, 1.82) is 0 Å². The first kappa shape index (κ1) is 40.9. The number of rotatable bonds is 8. The molecule has 2 spiro atoms. The third kappa shape index (κ3) is 5.03. The fourth-order valence-corrected chi connectivity index (χ4v) is 18.6. The van der Waals surface area contributed by atoms with Crippen molar-refractivity contribution < 1.29 is 29.3 Å². The van der Waals surface area contributed by atoms with Crippen molar-refractivity contribution in [1.82, 2.24) is 4.90 Å². The minimum atomic E-state index is -1.25. The predicted molar refractivity (Wildman–Crippen MR) is 242 cm³/mol. The fraction of sp³-hybridized carbons (Fsp3) is 0.661. The largest absolute Gasteiger partial charge is 0.448 e. The first-order valence-electron chi connectivity index (χ1n) is 24.9. The molecule has 8 bridgehead atoms. The molecular formula is C56H69NO6. The van der Waals surface area contributed by atoms with Crippen LogP contribution in [0.25, 0.3) is 11.1 Å². The molecule has 0 aromatic heterocycles. The summed E-state index contributed by atoms with van der Waals surface area (Å²) in [6.45, 7) is 11.7. The Morgan fingerprint density at radius 2 is 1.33 bits per heavy atom. The maximum atomic E-state index is 15.8. The lowest BCUT2D eigenvalue weighted by Crippen LogP contribution is -2.68. The first-order chi connectivity index (χ1) is 29.9. The highest BCUT2D eigenvalue weighted by Gasteiger charge is 2.78. The van der Waals surface area contributed by atoms with Crippen LogP contribution in [-0.2, 0) is 14.3 Å². The minimum absolute atomic E-state index is 0.0265. The van der Waals surface area contributed by atoms with Gasteiger partial charge in [-0.2, -0.15) is 0 Å². The molecule has 9 fully saturated rings. The van der Waals surface area contributed by atoms with E-state index in [9.17, 15) is 15.0 Å². The number of nitrogens with zero attached hydrogens (tertiary/aromatic N) is 1. The molecule has 334 valence electrons. The lowest BCUT2D eigenvalue weighted by molar-refractivity contribution is -0.191.